The van der Waals surface area contributed by atoms with Gasteiger partial charge in [-0.15, -0.1) is 0 Å². The van der Waals surface area contributed by atoms with Crippen molar-refractivity contribution in [3.05, 3.63) is 0 Å². The Balaban J connectivity index is 2.37. The standard InChI is InChI=1S/C14H27NO3/c1-13(2,3)17-10-7-8-11(15-9-10)12(16)18-14(4,5)6/h10-11,15H,7-9H2,1-6H3. The van der Waals surface area contributed by atoms with E-state index in [4.69, 9.17) is 9.47 Å². The molecule has 0 bridgehead atoms. The highest BCUT2D eigenvalue weighted by molar-refractivity contribution is 5.76. The van der Waals surface area contributed by atoms with Gasteiger partial charge in [-0.2, -0.15) is 0 Å². The summed E-state index contributed by atoms with van der Waals surface area (Å²) in [5, 5.41) is 3.21. The van der Waals surface area contributed by atoms with E-state index < -0.39 is 5.60 Å². The third-order valence-electron chi connectivity index (χ3n) is 2.58. The lowest BCUT2D eigenvalue weighted by Gasteiger charge is -2.34. The molecule has 4 heteroatoms. The summed E-state index contributed by atoms with van der Waals surface area (Å²) >= 11 is 0. The van der Waals surface area contributed by atoms with E-state index in [0.717, 1.165) is 12.8 Å². The van der Waals surface area contributed by atoms with Crippen molar-refractivity contribution >= 4 is 5.97 Å². The number of hydrogen-bond donors (Lipinski definition) is 1. The maximum absolute atomic E-state index is 11.9. The summed E-state index contributed by atoms with van der Waals surface area (Å²) in [5.41, 5.74) is -0.553. The zero-order chi connectivity index (χ0) is 14.0. The first-order valence-corrected chi connectivity index (χ1v) is 6.71. The lowest BCUT2D eigenvalue weighted by molar-refractivity contribution is -0.159. The molecule has 0 aromatic carbocycles. The van der Waals surface area contributed by atoms with Gasteiger partial charge in [0.1, 0.15) is 11.6 Å². The zero-order valence-electron chi connectivity index (χ0n) is 12.5. The van der Waals surface area contributed by atoms with Crippen molar-refractivity contribution in [1.82, 2.24) is 5.32 Å². The Bertz CT molecular complexity index is 280. The molecule has 0 aliphatic carbocycles. The van der Waals surface area contributed by atoms with Crippen LogP contribution in [-0.2, 0) is 14.3 Å². The zero-order valence-corrected chi connectivity index (χ0v) is 12.5. The minimum absolute atomic E-state index is 0.134. The Hall–Kier alpha value is -0.610. The second-order valence-corrected chi connectivity index (χ2v) is 6.92. The predicted octanol–water partition coefficient (Wildman–Crippen LogP) is 2.26. The van der Waals surface area contributed by atoms with Crippen molar-refractivity contribution in [2.24, 2.45) is 0 Å². The first kappa shape index (κ1) is 15.4. The van der Waals surface area contributed by atoms with E-state index in [2.05, 4.69) is 5.32 Å². The van der Waals surface area contributed by atoms with Crippen LogP contribution in [0.4, 0.5) is 0 Å². The highest BCUT2D eigenvalue weighted by atomic mass is 16.6. The number of carbonyl (C=O) groups excluding carboxylic acids is 1. The highest BCUT2D eigenvalue weighted by Crippen LogP contribution is 2.19. The van der Waals surface area contributed by atoms with Crippen molar-refractivity contribution in [1.29, 1.82) is 0 Å². The van der Waals surface area contributed by atoms with Gasteiger partial charge in [0.2, 0.25) is 0 Å². The Labute approximate surface area is 110 Å². The number of carbonyl (C=O) groups is 1. The molecule has 1 aliphatic heterocycles. The van der Waals surface area contributed by atoms with Crippen molar-refractivity contribution in [2.45, 2.75) is 77.7 Å². The number of ether oxygens (including phenoxy) is 2. The van der Waals surface area contributed by atoms with Gasteiger partial charge >= 0.3 is 5.97 Å². The molecule has 1 fully saturated rings. The molecular formula is C14H27NO3. The van der Waals surface area contributed by atoms with Crippen molar-refractivity contribution in [3.8, 4) is 0 Å². The van der Waals surface area contributed by atoms with Crippen LogP contribution in [0.2, 0.25) is 0 Å². The molecule has 1 aliphatic rings. The summed E-state index contributed by atoms with van der Waals surface area (Å²) in [5.74, 6) is -0.156. The van der Waals surface area contributed by atoms with Gasteiger partial charge in [-0.1, -0.05) is 0 Å². The molecular weight excluding hydrogens is 230 g/mol. The fourth-order valence-corrected chi connectivity index (χ4v) is 2.01. The van der Waals surface area contributed by atoms with Gasteiger partial charge in [0.05, 0.1) is 11.7 Å². The second kappa shape index (κ2) is 5.57. The summed E-state index contributed by atoms with van der Waals surface area (Å²) in [6, 6.07) is -0.191. The second-order valence-electron chi connectivity index (χ2n) is 6.92. The van der Waals surface area contributed by atoms with E-state index in [9.17, 15) is 4.79 Å². The topological polar surface area (TPSA) is 47.6 Å². The SMILES string of the molecule is CC(C)(C)OC(=O)C1CCC(OC(C)(C)C)CN1. The molecule has 0 amide bonds. The smallest absolute Gasteiger partial charge is 0.323 e. The van der Waals surface area contributed by atoms with Gasteiger partial charge in [-0.25, -0.2) is 0 Å². The number of esters is 1. The Morgan fingerprint density at radius 3 is 2.06 bits per heavy atom. The summed E-state index contributed by atoms with van der Waals surface area (Å²) in [4.78, 5) is 11.9. The predicted molar refractivity (Wildman–Crippen MR) is 71.5 cm³/mol. The average molecular weight is 257 g/mol. The molecule has 1 saturated heterocycles. The van der Waals surface area contributed by atoms with E-state index in [1.807, 2.05) is 41.5 Å². The van der Waals surface area contributed by atoms with Crippen LogP contribution in [0, 0.1) is 0 Å². The molecule has 4 nitrogen and oxygen atoms in total. The number of piperidine rings is 1. The Morgan fingerprint density at radius 1 is 1.06 bits per heavy atom. The maximum Gasteiger partial charge on any atom is 0.323 e. The van der Waals surface area contributed by atoms with E-state index >= 15 is 0 Å². The van der Waals surface area contributed by atoms with Crippen LogP contribution in [0.15, 0.2) is 0 Å². The van der Waals surface area contributed by atoms with Crippen LogP contribution < -0.4 is 5.32 Å². The minimum Gasteiger partial charge on any atom is -0.459 e. The fraction of sp³-hybridized carbons (Fsp3) is 0.929. The molecule has 0 saturated carbocycles. The summed E-state index contributed by atoms with van der Waals surface area (Å²) in [6.45, 7) is 12.5. The summed E-state index contributed by atoms with van der Waals surface area (Å²) in [7, 11) is 0. The molecule has 0 aromatic heterocycles. The molecule has 0 aromatic rings. The number of nitrogens with one attached hydrogen (secondary N) is 1. The van der Waals surface area contributed by atoms with E-state index in [1.165, 1.54) is 0 Å². The number of rotatable bonds is 2. The van der Waals surface area contributed by atoms with Gasteiger partial charge in [0.25, 0.3) is 0 Å². The highest BCUT2D eigenvalue weighted by Gasteiger charge is 2.31. The quantitative estimate of drug-likeness (QED) is 0.771. The van der Waals surface area contributed by atoms with E-state index in [1.54, 1.807) is 0 Å². The van der Waals surface area contributed by atoms with Gasteiger partial charge in [0.15, 0.2) is 0 Å². The van der Waals surface area contributed by atoms with Crippen molar-refractivity contribution in [3.63, 3.8) is 0 Å². The molecule has 2 atom stereocenters. The molecule has 18 heavy (non-hydrogen) atoms. The third kappa shape index (κ3) is 5.83. The van der Waals surface area contributed by atoms with Gasteiger partial charge < -0.3 is 14.8 Å². The van der Waals surface area contributed by atoms with Crippen LogP contribution in [0.5, 0.6) is 0 Å². The van der Waals surface area contributed by atoms with Crippen LogP contribution in [-0.4, -0.2) is 35.9 Å². The first-order valence-electron chi connectivity index (χ1n) is 6.71. The number of hydrogen-bond acceptors (Lipinski definition) is 4. The third-order valence-corrected chi connectivity index (χ3v) is 2.58. The van der Waals surface area contributed by atoms with Crippen LogP contribution in [0.3, 0.4) is 0 Å². The van der Waals surface area contributed by atoms with Gasteiger partial charge in [-0.3, -0.25) is 4.79 Å². The molecule has 2 unspecified atom stereocenters. The first-order chi connectivity index (χ1) is 8.07. The van der Waals surface area contributed by atoms with Crippen molar-refractivity contribution < 1.29 is 14.3 Å². The molecule has 1 N–H and O–H groups in total. The van der Waals surface area contributed by atoms with Crippen molar-refractivity contribution in [2.75, 3.05) is 6.54 Å². The fourth-order valence-electron chi connectivity index (χ4n) is 2.01. The van der Waals surface area contributed by atoms with Gasteiger partial charge in [-0.05, 0) is 54.4 Å². The summed E-state index contributed by atoms with van der Waals surface area (Å²) < 4.78 is 11.3. The monoisotopic (exact) mass is 257 g/mol. The minimum atomic E-state index is -0.419. The van der Waals surface area contributed by atoms with Crippen LogP contribution in [0.25, 0.3) is 0 Å². The lowest BCUT2D eigenvalue weighted by atomic mass is 10.0. The molecule has 106 valence electrons. The van der Waals surface area contributed by atoms with Crippen LogP contribution in [0.1, 0.15) is 54.4 Å². The molecule has 0 radical (unpaired) electrons. The molecule has 1 heterocycles. The molecule has 0 spiro atoms. The van der Waals surface area contributed by atoms with E-state index in [0.29, 0.717) is 6.54 Å². The lowest BCUT2D eigenvalue weighted by Crippen LogP contribution is -2.50. The van der Waals surface area contributed by atoms with Crippen LogP contribution >= 0.6 is 0 Å². The Kier molecular flexibility index (Phi) is 4.78. The Morgan fingerprint density at radius 2 is 1.67 bits per heavy atom. The van der Waals surface area contributed by atoms with E-state index in [-0.39, 0.29) is 23.7 Å². The summed E-state index contributed by atoms with van der Waals surface area (Å²) in [6.07, 6.45) is 1.85. The average Bonchev–Trinajstić information content (AvgIpc) is 2.13. The molecule has 1 rings (SSSR count). The van der Waals surface area contributed by atoms with Gasteiger partial charge in [0, 0.05) is 6.54 Å². The normalized spacial score (nSPS) is 25.9. The maximum atomic E-state index is 11.9. The largest absolute Gasteiger partial charge is 0.459 e.